The number of halogens is 1. The van der Waals surface area contributed by atoms with Crippen molar-refractivity contribution in [2.75, 3.05) is 20.3 Å². The summed E-state index contributed by atoms with van der Waals surface area (Å²) in [6, 6.07) is 5.82. The van der Waals surface area contributed by atoms with Crippen LogP contribution in [-0.2, 0) is 11.3 Å². The van der Waals surface area contributed by atoms with Crippen molar-refractivity contribution in [2.24, 2.45) is 5.73 Å². The van der Waals surface area contributed by atoms with Gasteiger partial charge < -0.3 is 15.2 Å². The quantitative estimate of drug-likeness (QED) is 0.823. The maximum Gasteiger partial charge on any atom is 0.120 e. The summed E-state index contributed by atoms with van der Waals surface area (Å²) in [6.07, 6.45) is 0. The van der Waals surface area contributed by atoms with Crippen LogP contribution in [0.3, 0.4) is 0 Å². The molecule has 0 amide bonds. The lowest BCUT2D eigenvalue weighted by molar-refractivity contribution is 0.146. The van der Waals surface area contributed by atoms with Gasteiger partial charge >= 0.3 is 0 Å². The van der Waals surface area contributed by atoms with E-state index in [0.29, 0.717) is 19.8 Å². The van der Waals surface area contributed by atoms with Crippen LogP contribution in [0.4, 0.5) is 0 Å². The van der Waals surface area contributed by atoms with E-state index in [1.165, 1.54) is 0 Å². The minimum atomic E-state index is 0.514. The van der Waals surface area contributed by atoms with Crippen molar-refractivity contribution in [3.05, 3.63) is 28.2 Å². The zero-order chi connectivity index (χ0) is 10.4. The van der Waals surface area contributed by atoms with Gasteiger partial charge in [0.2, 0.25) is 0 Å². The largest absolute Gasteiger partial charge is 0.491 e. The first kappa shape index (κ1) is 11.5. The van der Waals surface area contributed by atoms with Gasteiger partial charge in [0.25, 0.3) is 0 Å². The Kier molecular flexibility index (Phi) is 4.93. The molecule has 1 aromatic rings. The fraction of sp³-hybridized carbons (Fsp3) is 0.400. The smallest absolute Gasteiger partial charge is 0.120 e. The second kappa shape index (κ2) is 6.01. The first-order valence-electron chi connectivity index (χ1n) is 4.37. The highest BCUT2D eigenvalue weighted by molar-refractivity contribution is 9.10. The molecule has 0 fully saturated rings. The van der Waals surface area contributed by atoms with Gasteiger partial charge in [0.1, 0.15) is 12.4 Å². The van der Waals surface area contributed by atoms with Crippen LogP contribution in [0.25, 0.3) is 0 Å². The second-order valence-corrected chi connectivity index (χ2v) is 3.76. The Labute approximate surface area is 92.3 Å². The normalized spacial score (nSPS) is 10.2. The van der Waals surface area contributed by atoms with Crippen LogP contribution in [0, 0.1) is 0 Å². The van der Waals surface area contributed by atoms with Crippen LogP contribution in [0.2, 0.25) is 0 Å². The predicted octanol–water partition coefficient (Wildman–Crippen LogP) is 1.93. The number of rotatable bonds is 5. The van der Waals surface area contributed by atoms with Crippen LogP contribution in [-0.4, -0.2) is 20.3 Å². The summed E-state index contributed by atoms with van der Waals surface area (Å²) >= 11 is 3.40. The van der Waals surface area contributed by atoms with E-state index in [9.17, 15) is 0 Å². The van der Waals surface area contributed by atoms with Gasteiger partial charge in [0.15, 0.2) is 0 Å². The summed E-state index contributed by atoms with van der Waals surface area (Å²) in [5.74, 6) is 0.817. The Hall–Kier alpha value is -0.580. The molecule has 1 rings (SSSR count). The van der Waals surface area contributed by atoms with Gasteiger partial charge in [-0.1, -0.05) is 15.9 Å². The van der Waals surface area contributed by atoms with Crippen LogP contribution >= 0.6 is 15.9 Å². The average Bonchev–Trinajstić information content (AvgIpc) is 2.17. The molecule has 0 heterocycles. The minimum absolute atomic E-state index is 0.514. The SMILES string of the molecule is COCCOc1cc(Br)cc(CN)c1. The molecule has 0 saturated carbocycles. The molecule has 0 aliphatic carbocycles. The fourth-order valence-corrected chi connectivity index (χ4v) is 1.58. The molecule has 0 spiro atoms. The van der Waals surface area contributed by atoms with Crippen LogP contribution < -0.4 is 10.5 Å². The third kappa shape index (κ3) is 3.65. The third-order valence-electron chi connectivity index (χ3n) is 1.72. The average molecular weight is 260 g/mol. The van der Waals surface area contributed by atoms with Crippen LogP contribution in [0.5, 0.6) is 5.75 Å². The molecule has 0 aliphatic heterocycles. The van der Waals surface area contributed by atoms with Crippen LogP contribution in [0.1, 0.15) is 5.56 Å². The Morgan fingerprint density at radius 2 is 2.07 bits per heavy atom. The van der Waals surface area contributed by atoms with Crippen molar-refractivity contribution in [3.8, 4) is 5.75 Å². The highest BCUT2D eigenvalue weighted by Gasteiger charge is 1.99. The number of methoxy groups -OCH3 is 1. The molecule has 0 aliphatic rings. The van der Waals surface area contributed by atoms with Gasteiger partial charge in [0, 0.05) is 18.1 Å². The molecule has 0 saturated heterocycles. The standard InChI is InChI=1S/C10H14BrNO2/c1-13-2-3-14-10-5-8(7-12)4-9(11)6-10/h4-6H,2-3,7,12H2,1H3. The molecule has 2 N–H and O–H groups in total. The number of hydrogen-bond donors (Lipinski definition) is 1. The van der Waals surface area contributed by atoms with Crippen molar-refractivity contribution in [1.29, 1.82) is 0 Å². The van der Waals surface area contributed by atoms with Gasteiger partial charge in [-0.05, 0) is 23.8 Å². The summed E-state index contributed by atoms with van der Waals surface area (Å²) in [4.78, 5) is 0. The lowest BCUT2D eigenvalue weighted by atomic mass is 10.2. The molecule has 1 aromatic carbocycles. The molecule has 0 bridgehead atoms. The molecule has 0 radical (unpaired) electrons. The maximum atomic E-state index is 5.54. The van der Waals surface area contributed by atoms with Gasteiger partial charge in [-0.2, -0.15) is 0 Å². The molecule has 14 heavy (non-hydrogen) atoms. The van der Waals surface area contributed by atoms with E-state index in [2.05, 4.69) is 15.9 Å². The van der Waals surface area contributed by atoms with E-state index in [0.717, 1.165) is 15.8 Å². The van der Waals surface area contributed by atoms with E-state index in [1.807, 2.05) is 18.2 Å². The van der Waals surface area contributed by atoms with Crippen molar-refractivity contribution in [1.82, 2.24) is 0 Å². The molecular weight excluding hydrogens is 246 g/mol. The van der Waals surface area contributed by atoms with Crippen molar-refractivity contribution in [2.45, 2.75) is 6.54 Å². The highest BCUT2D eigenvalue weighted by atomic mass is 79.9. The number of nitrogens with two attached hydrogens (primary N) is 1. The molecule has 4 heteroatoms. The summed E-state index contributed by atoms with van der Waals surface area (Å²) in [5, 5.41) is 0. The highest BCUT2D eigenvalue weighted by Crippen LogP contribution is 2.21. The minimum Gasteiger partial charge on any atom is -0.491 e. The Morgan fingerprint density at radius 1 is 1.29 bits per heavy atom. The van der Waals surface area contributed by atoms with Gasteiger partial charge in [-0.15, -0.1) is 0 Å². The molecule has 78 valence electrons. The second-order valence-electron chi connectivity index (χ2n) is 2.84. The lowest BCUT2D eigenvalue weighted by Gasteiger charge is -2.07. The molecular formula is C10H14BrNO2. The van der Waals surface area contributed by atoms with Crippen molar-refractivity contribution in [3.63, 3.8) is 0 Å². The first-order chi connectivity index (χ1) is 6.76. The van der Waals surface area contributed by atoms with Crippen molar-refractivity contribution < 1.29 is 9.47 Å². The Balaban J connectivity index is 2.62. The number of benzene rings is 1. The number of ether oxygens (including phenoxy) is 2. The summed E-state index contributed by atoms with van der Waals surface area (Å²) in [5.41, 5.74) is 6.59. The van der Waals surface area contributed by atoms with E-state index in [1.54, 1.807) is 7.11 Å². The van der Waals surface area contributed by atoms with Gasteiger partial charge in [-0.3, -0.25) is 0 Å². The molecule has 3 nitrogen and oxygen atoms in total. The summed E-state index contributed by atoms with van der Waals surface area (Å²) in [6.45, 7) is 1.65. The summed E-state index contributed by atoms with van der Waals surface area (Å²) < 4.78 is 11.3. The van der Waals surface area contributed by atoms with E-state index >= 15 is 0 Å². The topological polar surface area (TPSA) is 44.5 Å². The van der Waals surface area contributed by atoms with E-state index < -0.39 is 0 Å². The Bertz CT molecular complexity index is 291. The predicted molar refractivity (Wildman–Crippen MR) is 59.4 cm³/mol. The van der Waals surface area contributed by atoms with Gasteiger partial charge in [-0.25, -0.2) is 0 Å². The monoisotopic (exact) mass is 259 g/mol. The first-order valence-corrected chi connectivity index (χ1v) is 5.17. The van der Waals surface area contributed by atoms with E-state index in [4.69, 9.17) is 15.2 Å². The fourth-order valence-electron chi connectivity index (χ4n) is 1.06. The zero-order valence-electron chi connectivity index (χ0n) is 8.13. The molecule has 0 unspecified atom stereocenters. The van der Waals surface area contributed by atoms with E-state index in [-0.39, 0.29) is 0 Å². The zero-order valence-corrected chi connectivity index (χ0v) is 9.71. The van der Waals surface area contributed by atoms with Gasteiger partial charge in [0.05, 0.1) is 6.61 Å². The van der Waals surface area contributed by atoms with Crippen LogP contribution in [0.15, 0.2) is 22.7 Å². The lowest BCUT2D eigenvalue weighted by Crippen LogP contribution is -2.05. The van der Waals surface area contributed by atoms with Crippen molar-refractivity contribution >= 4 is 15.9 Å². The maximum absolute atomic E-state index is 5.54. The number of hydrogen-bond acceptors (Lipinski definition) is 3. The molecule has 0 atom stereocenters. The molecule has 0 aromatic heterocycles. The third-order valence-corrected chi connectivity index (χ3v) is 2.18. The summed E-state index contributed by atoms with van der Waals surface area (Å²) in [7, 11) is 1.65. The Morgan fingerprint density at radius 3 is 2.71 bits per heavy atom.